The molecular weight excluding hydrogens is 446 g/mol. The number of rotatable bonds is 12. The van der Waals surface area contributed by atoms with E-state index in [1.807, 2.05) is 44.2 Å². The number of amides is 3. The second-order valence-electron chi connectivity index (χ2n) is 9.42. The number of aliphatic hydroxyl groups is 1. The van der Waals surface area contributed by atoms with Crippen molar-refractivity contribution >= 4 is 17.7 Å². The molecule has 0 aromatic heterocycles. The first-order valence-electron chi connectivity index (χ1n) is 12.0. The summed E-state index contributed by atoms with van der Waals surface area (Å²) in [5.41, 5.74) is 1.27. The van der Waals surface area contributed by atoms with Crippen molar-refractivity contribution in [2.75, 3.05) is 7.11 Å². The van der Waals surface area contributed by atoms with Crippen LogP contribution in [0, 0.1) is 5.92 Å². The van der Waals surface area contributed by atoms with Crippen LogP contribution in [0.3, 0.4) is 0 Å². The maximum absolute atomic E-state index is 13.3. The quantitative estimate of drug-likeness (QED) is 0.371. The summed E-state index contributed by atoms with van der Waals surface area (Å²) in [7, 11) is 1.54. The molecule has 0 saturated heterocycles. The lowest BCUT2D eigenvalue weighted by Crippen LogP contribution is -2.56. The fourth-order valence-electron chi connectivity index (χ4n) is 3.78. The van der Waals surface area contributed by atoms with E-state index in [2.05, 4.69) is 16.0 Å². The van der Waals surface area contributed by atoms with Crippen molar-refractivity contribution in [3.63, 3.8) is 0 Å². The van der Waals surface area contributed by atoms with E-state index >= 15 is 0 Å². The van der Waals surface area contributed by atoms with Crippen LogP contribution in [0.4, 0.5) is 0 Å². The topological polar surface area (TPSA) is 117 Å². The summed E-state index contributed by atoms with van der Waals surface area (Å²) in [6.07, 6.45) is 1.03. The van der Waals surface area contributed by atoms with Gasteiger partial charge in [0.05, 0.1) is 13.2 Å². The van der Waals surface area contributed by atoms with Gasteiger partial charge >= 0.3 is 0 Å². The second-order valence-corrected chi connectivity index (χ2v) is 9.42. The Kier molecular flexibility index (Phi) is 9.25. The van der Waals surface area contributed by atoms with E-state index < -0.39 is 30.0 Å². The Morgan fingerprint density at radius 1 is 0.971 bits per heavy atom. The van der Waals surface area contributed by atoms with Crippen LogP contribution >= 0.6 is 0 Å². The number of carbonyl (C=O) groups is 3. The van der Waals surface area contributed by atoms with Crippen molar-refractivity contribution < 1.29 is 24.2 Å². The molecular formula is C27H35N3O5. The van der Waals surface area contributed by atoms with Crippen LogP contribution in [0.1, 0.15) is 49.0 Å². The summed E-state index contributed by atoms with van der Waals surface area (Å²) in [6, 6.07) is 14.4. The van der Waals surface area contributed by atoms with Gasteiger partial charge in [0.25, 0.3) is 11.8 Å². The maximum atomic E-state index is 13.3. The van der Waals surface area contributed by atoms with Gasteiger partial charge < -0.3 is 25.8 Å². The van der Waals surface area contributed by atoms with E-state index in [0.717, 1.165) is 18.4 Å². The molecule has 1 saturated carbocycles. The van der Waals surface area contributed by atoms with Crippen LogP contribution in [-0.4, -0.2) is 54.2 Å². The summed E-state index contributed by atoms with van der Waals surface area (Å²) in [5.74, 6) is -0.589. The van der Waals surface area contributed by atoms with Gasteiger partial charge in [0, 0.05) is 11.6 Å². The van der Waals surface area contributed by atoms with Crippen molar-refractivity contribution in [1.82, 2.24) is 16.0 Å². The molecule has 8 heteroatoms. The number of hydrogen-bond acceptors (Lipinski definition) is 5. The van der Waals surface area contributed by atoms with Crippen LogP contribution in [0.2, 0.25) is 0 Å². The first-order valence-corrected chi connectivity index (χ1v) is 12.0. The van der Waals surface area contributed by atoms with Gasteiger partial charge in [-0.1, -0.05) is 44.2 Å². The van der Waals surface area contributed by atoms with Crippen LogP contribution in [0.25, 0.3) is 0 Å². The fraction of sp³-hybridized carbons (Fsp3) is 0.444. The zero-order valence-electron chi connectivity index (χ0n) is 20.5. The average molecular weight is 482 g/mol. The normalized spacial score (nSPS) is 15.6. The Morgan fingerprint density at radius 2 is 1.63 bits per heavy atom. The molecule has 2 aromatic carbocycles. The Hall–Kier alpha value is -3.39. The predicted molar refractivity (Wildman–Crippen MR) is 133 cm³/mol. The predicted octanol–water partition coefficient (Wildman–Crippen LogP) is 2.21. The van der Waals surface area contributed by atoms with Crippen LogP contribution < -0.4 is 20.7 Å². The van der Waals surface area contributed by atoms with E-state index in [4.69, 9.17) is 4.74 Å². The highest BCUT2D eigenvalue weighted by Gasteiger charge is 2.33. The van der Waals surface area contributed by atoms with E-state index in [0.29, 0.717) is 17.7 Å². The minimum atomic E-state index is -1.42. The molecule has 1 aliphatic rings. The highest BCUT2D eigenvalue weighted by molar-refractivity contribution is 5.97. The zero-order valence-corrected chi connectivity index (χ0v) is 20.5. The highest BCUT2D eigenvalue weighted by Crippen LogP contribution is 2.19. The smallest absolute Gasteiger partial charge is 0.251 e. The van der Waals surface area contributed by atoms with Crippen molar-refractivity contribution in [1.29, 1.82) is 0 Å². The van der Waals surface area contributed by atoms with Gasteiger partial charge in [-0.25, -0.2) is 0 Å². The summed E-state index contributed by atoms with van der Waals surface area (Å²) >= 11 is 0. The molecule has 188 valence electrons. The van der Waals surface area contributed by atoms with E-state index in [-0.39, 0.29) is 24.3 Å². The first kappa shape index (κ1) is 26.2. The first-order chi connectivity index (χ1) is 16.8. The number of hydrogen-bond donors (Lipinski definition) is 4. The van der Waals surface area contributed by atoms with Gasteiger partial charge in [-0.3, -0.25) is 14.4 Å². The van der Waals surface area contributed by atoms with Gasteiger partial charge in [0.1, 0.15) is 11.8 Å². The minimum Gasteiger partial charge on any atom is -0.497 e. The van der Waals surface area contributed by atoms with Gasteiger partial charge in [0.15, 0.2) is 6.10 Å². The van der Waals surface area contributed by atoms with Gasteiger partial charge in [-0.15, -0.1) is 0 Å². The molecule has 8 nitrogen and oxygen atoms in total. The Bertz CT molecular complexity index is 990. The standard InChI is InChI=1S/C27H35N3O5/c1-17(2)15-23(30-25(32)19-9-13-21(35-3)14-10-19)26(33)29-22(16-18-7-5-4-6-8-18)24(31)27(34)28-20-11-12-20/h4-10,13-14,17,20,22-24,31H,11-12,15-16H2,1-3H3,(H,28,34)(H,29,33)(H,30,32)/t22-,23-,24?/m0/s1. The molecule has 0 radical (unpaired) electrons. The third kappa shape index (κ3) is 8.10. The average Bonchev–Trinajstić information content (AvgIpc) is 3.67. The van der Waals surface area contributed by atoms with Crippen molar-refractivity contribution in [2.45, 2.75) is 63.8 Å². The van der Waals surface area contributed by atoms with E-state index in [9.17, 15) is 19.5 Å². The lowest BCUT2D eigenvalue weighted by molar-refractivity contribution is -0.132. The number of methoxy groups -OCH3 is 1. The molecule has 3 rings (SSSR count). The molecule has 1 fully saturated rings. The minimum absolute atomic E-state index is 0.0858. The summed E-state index contributed by atoms with van der Waals surface area (Å²) in [6.45, 7) is 3.92. The molecule has 0 bridgehead atoms. The SMILES string of the molecule is COc1ccc(C(=O)N[C@@H](CC(C)C)C(=O)N[C@@H](Cc2ccccc2)C(O)C(=O)NC2CC2)cc1. The molecule has 1 aliphatic carbocycles. The molecule has 0 heterocycles. The van der Waals surface area contributed by atoms with Gasteiger partial charge in [-0.2, -0.15) is 0 Å². The van der Waals surface area contributed by atoms with Crippen molar-refractivity contribution in [3.05, 3.63) is 65.7 Å². The van der Waals surface area contributed by atoms with Gasteiger partial charge in [-0.05, 0) is 61.4 Å². The monoisotopic (exact) mass is 481 g/mol. The molecule has 3 atom stereocenters. The largest absolute Gasteiger partial charge is 0.497 e. The molecule has 4 N–H and O–H groups in total. The maximum Gasteiger partial charge on any atom is 0.251 e. The molecule has 35 heavy (non-hydrogen) atoms. The summed E-state index contributed by atoms with van der Waals surface area (Å²) in [4.78, 5) is 38.7. The second kappa shape index (κ2) is 12.4. The van der Waals surface area contributed by atoms with Gasteiger partial charge in [0.2, 0.25) is 5.91 Å². The number of benzene rings is 2. The lowest BCUT2D eigenvalue weighted by Gasteiger charge is -2.27. The van der Waals surface area contributed by atoms with E-state index in [1.54, 1.807) is 31.4 Å². The Balaban J connectivity index is 1.74. The molecule has 2 aromatic rings. The third-order valence-electron chi connectivity index (χ3n) is 5.88. The number of carbonyl (C=O) groups excluding carboxylic acids is 3. The molecule has 0 aliphatic heterocycles. The van der Waals surface area contributed by atoms with Crippen LogP contribution in [0.15, 0.2) is 54.6 Å². The van der Waals surface area contributed by atoms with E-state index in [1.165, 1.54) is 0 Å². The Labute approximate surface area is 206 Å². The van der Waals surface area contributed by atoms with Crippen LogP contribution in [-0.2, 0) is 16.0 Å². The number of nitrogens with one attached hydrogen (secondary N) is 3. The van der Waals surface area contributed by atoms with Crippen molar-refractivity contribution in [3.8, 4) is 5.75 Å². The van der Waals surface area contributed by atoms with Crippen molar-refractivity contribution in [2.24, 2.45) is 5.92 Å². The molecule has 0 spiro atoms. The number of ether oxygens (including phenoxy) is 1. The molecule has 3 amide bonds. The summed E-state index contributed by atoms with van der Waals surface area (Å²) < 4.78 is 5.13. The lowest BCUT2D eigenvalue weighted by atomic mass is 9.98. The molecule has 1 unspecified atom stereocenters. The zero-order chi connectivity index (χ0) is 25.4. The third-order valence-corrected chi connectivity index (χ3v) is 5.88. The van der Waals surface area contributed by atoms with Crippen LogP contribution in [0.5, 0.6) is 5.75 Å². The highest BCUT2D eigenvalue weighted by atomic mass is 16.5. The Morgan fingerprint density at radius 3 is 2.20 bits per heavy atom. The summed E-state index contributed by atoms with van der Waals surface area (Å²) in [5, 5.41) is 19.3. The fourth-order valence-corrected chi connectivity index (χ4v) is 3.78. The number of aliphatic hydroxyl groups excluding tert-OH is 1.